The molecule has 3 aliphatic rings. The molecule has 0 bridgehead atoms. The third-order valence-electron chi connectivity index (χ3n) is 6.51. The van der Waals surface area contributed by atoms with Crippen LogP contribution in [0.1, 0.15) is 60.0 Å². The van der Waals surface area contributed by atoms with Crippen molar-refractivity contribution in [3.05, 3.63) is 32.8 Å². The van der Waals surface area contributed by atoms with Crippen LogP contribution in [0.5, 0.6) is 0 Å². The van der Waals surface area contributed by atoms with E-state index < -0.39 is 0 Å². The van der Waals surface area contributed by atoms with Gasteiger partial charge in [0, 0.05) is 48.9 Å². The lowest BCUT2D eigenvalue weighted by Crippen LogP contribution is -2.31. The van der Waals surface area contributed by atoms with Crippen LogP contribution in [0.2, 0.25) is 0 Å². The smallest absolute Gasteiger partial charge is 0.141 e. The average Bonchev–Trinajstić information content (AvgIpc) is 3.41. The molecule has 2 aliphatic carbocycles. The van der Waals surface area contributed by atoms with E-state index in [0.717, 1.165) is 38.5 Å². The van der Waals surface area contributed by atoms with Crippen molar-refractivity contribution < 1.29 is 0 Å². The third-order valence-corrected chi connectivity index (χ3v) is 8.33. The molecular weight excluding hydrogens is 398 g/mol. The maximum Gasteiger partial charge on any atom is 0.141 e. The molecule has 3 aromatic heterocycles. The zero-order chi connectivity index (χ0) is 19.2. The topological polar surface area (TPSA) is 45.2 Å². The van der Waals surface area contributed by atoms with Crippen LogP contribution in [0.25, 0.3) is 10.2 Å². The fourth-order valence-corrected chi connectivity index (χ4v) is 6.61. The van der Waals surface area contributed by atoms with Gasteiger partial charge in [-0.1, -0.05) is 0 Å². The molecule has 0 spiro atoms. The standard InChI is InChI=1S/C22H27N5S2/c1-2-5-18-17(4-1)19-21(24-20(15-6-7-15)25-22(19)29-18)27-9-3-8-26(10-11-27)12-16-13-28-14-23-16/h13-15H,1-12H2. The molecule has 7 heteroatoms. The Morgan fingerprint density at radius 1 is 1.00 bits per heavy atom. The van der Waals surface area contributed by atoms with E-state index >= 15 is 0 Å². The number of hydrogen-bond acceptors (Lipinski definition) is 7. The number of aryl methyl sites for hydroxylation is 2. The minimum atomic E-state index is 0.602. The summed E-state index contributed by atoms with van der Waals surface area (Å²) in [4.78, 5) is 22.7. The maximum atomic E-state index is 5.20. The van der Waals surface area contributed by atoms with Crippen molar-refractivity contribution in [1.82, 2.24) is 19.9 Å². The lowest BCUT2D eigenvalue weighted by Gasteiger charge is -2.24. The van der Waals surface area contributed by atoms with E-state index in [1.165, 1.54) is 66.7 Å². The van der Waals surface area contributed by atoms with Gasteiger partial charge in [-0.25, -0.2) is 15.0 Å². The molecule has 152 valence electrons. The van der Waals surface area contributed by atoms with Crippen molar-refractivity contribution in [2.45, 2.75) is 57.4 Å². The maximum absolute atomic E-state index is 5.20. The number of thiophene rings is 1. The molecule has 0 radical (unpaired) electrons. The van der Waals surface area contributed by atoms with Crippen LogP contribution in [0, 0.1) is 0 Å². The van der Waals surface area contributed by atoms with Gasteiger partial charge in [-0.2, -0.15) is 0 Å². The quantitative estimate of drug-likeness (QED) is 0.610. The van der Waals surface area contributed by atoms with E-state index in [1.807, 2.05) is 16.8 Å². The van der Waals surface area contributed by atoms with E-state index in [0.29, 0.717) is 5.92 Å². The molecule has 0 N–H and O–H groups in total. The Balaban J connectivity index is 1.33. The van der Waals surface area contributed by atoms with Crippen molar-refractivity contribution in [2.24, 2.45) is 0 Å². The van der Waals surface area contributed by atoms with Crippen molar-refractivity contribution in [3.63, 3.8) is 0 Å². The summed E-state index contributed by atoms with van der Waals surface area (Å²) in [7, 11) is 0. The van der Waals surface area contributed by atoms with Crippen LogP contribution in [0.15, 0.2) is 10.9 Å². The Hall–Kier alpha value is -1.57. The number of rotatable bonds is 4. The number of hydrogen-bond donors (Lipinski definition) is 0. The van der Waals surface area contributed by atoms with Crippen molar-refractivity contribution in [1.29, 1.82) is 0 Å². The molecule has 0 amide bonds. The van der Waals surface area contributed by atoms with Crippen molar-refractivity contribution in [2.75, 3.05) is 31.1 Å². The van der Waals surface area contributed by atoms with Gasteiger partial charge in [-0.3, -0.25) is 4.90 Å². The third kappa shape index (κ3) is 3.57. The molecule has 6 rings (SSSR count). The predicted octanol–water partition coefficient (Wildman–Crippen LogP) is 4.62. The molecule has 5 nitrogen and oxygen atoms in total. The van der Waals surface area contributed by atoms with E-state index in [1.54, 1.807) is 21.8 Å². The van der Waals surface area contributed by atoms with Gasteiger partial charge in [0.15, 0.2) is 0 Å². The highest BCUT2D eigenvalue weighted by Crippen LogP contribution is 2.44. The lowest BCUT2D eigenvalue weighted by molar-refractivity contribution is 0.282. The summed E-state index contributed by atoms with van der Waals surface area (Å²) in [6.45, 7) is 5.32. The molecule has 2 fully saturated rings. The van der Waals surface area contributed by atoms with Gasteiger partial charge in [0.1, 0.15) is 16.5 Å². The lowest BCUT2D eigenvalue weighted by atomic mass is 9.97. The Morgan fingerprint density at radius 3 is 2.79 bits per heavy atom. The van der Waals surface area contributed by atoms with Crippen LogP contribution < -0.4 is 4.90 Å². The normalized spacial score (nSPS) is 20.8. The molecule has 0 aromatic carbocycles. The first-order valence-electron chi connectivity index (χ1n) is 11.0. The molecule has 1 saturated heterocycles. The molecular formula is C22H27N5S2. The van der Waals surface area contributed by atoms with E-state index in [4.69, 9.17) is 9.97 Å². The zero-order valence-electron chi connectivity index (χ0n) is 16.8. The SMILES string of the molecule is c1nc(CN2CCCN(c3nc(C4CC4)nc4sc5c(c34)CCCC5)CC2)cs1. The van der Waals surface area contributed by atoms with Crippen LogP contribution in [-0.2, 0) is 19.4 Å². The number of thiazole rings is 1. The highest BCUT2D eigenvalue weighted by atomic mass is 32.1. The molecule has 1 saturated carbocycles. The summed E-state index contributed by atoms with van der Waals surface area (Å²) in [6.07, 6.45) is 8.78. The van der Waals surface area contributed by atoms with Crippen LogP contribution >= 0.6 is 22.7 Å². The number of anilines is 1. The molecule has 4 heterocycles. The van der Waals surface area contributed by atoms with Gasteiger partial charge in [0.05, 0.1) is 16.6 Å². The summed E-state index contributed by atoms with van der Waals surface area (Å²) in [6, 6.07) is 0. The minimum absolute atomic E-state index is 0.602. The fourth-order valence-electron chi connectivity index (χ4n) is 4.79. The van der Waals surface area contributed by atoms with Crippen molar-refractivity contribution in [3.8, 4) is 0 Å². The average molecular weight is 426 g/mol. The first kappa shape index (κ1) is 18.2. The van der Waals surface area contributed by atoms with Gasteiger partial charge < -0.3 is 4.90 Å². The molecule has 0 unspecified atom stereocenters. The van der Waals surface area contributed by atoms with Crippen LogP contribution in [-0.4, -0.2) is 46.0 Å². The zero-order valence-corrected chi connectivity index (χ0v) is 18.4. The van der Waals surface area contributed by atoms with Gasteiger partial charge in [-0.05, 0) is 50.5 Å². The molecule has 3 aromatic rings. The summed E-state index contributed by atoms with van der Waals surface area (Å²) in [5.74, 6) is 2.95. The second-order valence-corrected chi connectivity index (χ2v) is 10.5. The fraction of sp³-hybridized carbons (Fsp3) is 0.591. The van der Waals surface area contributed by atoms with Crippen molar-refractivity contribution >= 4 is 38.7 Å². The Labute approximate surface area is 179 Å². The van der Waals surface area contributed by atoms with E-state index in [2.05, 4.69) is 20.2 Å². The first-order valence-corrected chi connectivity index (χ1v) is 12.8. The number of fused-ring (bicyclic) bond motifs is 3. The summed E-state index contributed by atoms with van der Waals surface area (Å²) in [5, 5.41) is 3.57. The Kier molecular flexibility index (Phi) is 4.77. The second-order valence-electron chi connectivity index (χ2n) is 8.67. The Bertz CT molecular complexity index is 1010. The van der Waals surface area contributed by atoms with Gasteiger partial charge in [0.2, 0.25) is 0 Å². The van der Waals surface area contributed by atoms with Gasteiger partial charge in [0.25, 0.3) is 0 Å². The molecule has 1 aliphatic heterocycles. The van der Waals surface area contributed by atoms with Gasteiger partial charge >= 0.3 is 0 Å². The van der Waals surface area contributed by atoms with Gasteiger partial charge in [-0.15, -0.1) is 22.7 Å². The highest BCUT2D eigenvalue weighted by Gasteiger charge is 2.31. The van der Waals surface area contributed by atoms with E-state index in [9.17, 15) is 0 Å². The number of aromatic nitrogens is 3. The summed E-state index contributed by atoms with van der Waals surface area (Å²) >= 11 is 3.64. The van der Waals surface area contributed by atoms with Crippen LogP contribution in [0.4, 0.5) is 5.82 Å². The second kappa shape index (κ2) is 7.60. The summed E-state index contributed by atoms with van der Waals surface area (Å²) in [5.41, 5.74) is 4.71. The minimum Gasteiger partial charge on any atom is -0.355 e. The molecule has 29 heavy (non-hydrogen) atoms. The highest BCUT2D eigenvalue weighted by molar-refractivity contribution is 7.19. The first-order chi connectivity index (χ1) is 14.3. The van der Waals surface area contributed by atoms with Crippen LogP contribution in [0.3, 0.4) is 0 Å². The predicted molar refractivity (Wildman–Crippen MR) is 120 cm³/mol. The summed E-state index contributed by atoms with van der Waals surface area (Å²) < 4.78 is 0. The van der Waals surface area contributed by atoms with E-state index in [-0.39, 0.29) is 0 Å². The molecule has 0 atom stereocenters. The monoisotopic (exact) mass is 425 g/mol. The Morgan fingerprint density at radius 2 is 1.93 bits per heavy atom. The largest absolute Gasteiger partial charge is 0.355 e. The number of nitrogens with zero attached hydrogens (tertiary/aromatic N) is 5.